The summed E-state index contributed by atoms with van der Waals surface area (Å²) in [5.41, 5.74) is 2.19. The van der Waals surface area contributed by atoms with E-state index in [1.54, 1.807) is 12.1 Å². The summed E-state index contributed by atoms with van der Waals surface area (Å²) >= 11 is 6.06. The topological polar surface area (TPSA) is 48.4 Å². The van der Waals surface area contributed by atoms with E-state index in [2.05, 4.69) is 9.72 Å². The molecule has 0 N–H and O–H groups in total. The van der Waals surface area contributed by atoms with Gasteiger partial charge in [-0.25, -0.2) is 4.79 Å². The minimum Gasteiger partial charge on any atom is -0.487 e. The molecule has 21 heavy (non-hydrogen) atoms. The van der Waals surface area contributed by atoms with Crippen LogP contribution in [0.5, 0.6) is 5.75 Å². The number of nitrogens with zero attached hydrogens (tertiary/aromatic N) is 1. The summed E-state index contributed by atoms with van der Waals surface area (Å²) in [6.07, 6.45) is 2.33. The van der Waals surface area contributed by atoms with Crippen molar-refractivity contribution in [2.45, 2.75) is 20.0 Å². The number of rotatable bonds is 5. The van der Waals surface area contributed by atoms with Crippen LogP contribution in [0.4, 0.5) is 0 Å². The third-order valence-corrected chi connectivity index (χ3v) is 3.40. The van der Waals surface area contributed by atoms with Crippen LogP contribution in [-0.2, 0) is 17.8 Å². The second-order valence-electron chi connectivity index (χ2n) is 4.43. The van der Waals surface area contributed by atoms with Crippen molar-refractivity contribution in [1.29, 1.82) is 0 Å². The molecule has 1 heterocycles. The SMILES string of the molecule is CCc1cc(OCc2ccc(C(=O)OC)cn2)ccc1Cl. The minimum absolute atomic E-state index is 0.326. The number of hydrogen-bond donors (Lipinski definition) is 0. The number of aryl methyl sites for hydroxylation is 1. The Morgan fingerprint density at radius 1 is 1.29 bits per heavy atom. The smallest absolute Gasteiger partial charge is 0.339 e. The Balaban J connectivity index is 2.01. The highest BCUT2D eigenvalue weighted by molar-refractivity contribution is 6.31. The van der Waals surface area contributed by atoms with Gasteiger partial charge in [-0.2, -0.15) is 0 Å². The van der Waals surface area contributed by atoms with E-state index >= 15 is 0 Å². The average Bonchev–Trinajstić information content (AvgIpc) is 2.53. The molecule has 0 unspecified atom stereocenters. The summed E-state index contributed by atoms with van der Waals surface area (Å²) in [7, 11) is 1.34. The Bertz CT molecular complexity index is 626. The van der Waals surface area contributed by atoms with Gasteiger partial charge in [0, 0.05) is 11.2 Å². The molecule has 2 aromatic rings. The van der Waals surface area contributed by atoms with Gasteiger partial charge in [0.05, 0.1) is 18.4 Å². The van der Waals surface area contributed by atoms with Gasteiger partial charge in [0.15, 0.2) is 0 Å². The molecule has 0 radical (unpaired) electrons. The third-order valence-electron chi connectivity index (χ3n) is 3.03. The predicted molar refractivity (Wildman–Crippen MR) is 80.7 cm³/mol. The van der Waals surface area contributed by atoms with Gasteiger partial charge in [-0.3, -0.25) is 4.98 Å². The van der Waals surface area contributed by atoms with Crippen molar-refractivity contribution in [2.24, 2.45) is 0 Å². The lowest BCUT2D eigenvalue weighted by molar-refractivity contribution is 0.0600. The normalized spacial score (nSPS) is 10.2. The van der Waals surface area contributed by atoms with Crippen molar-refractivity contribution in [3.63, 3.8) is 0 Å². The van der Waals surface area contributed by atoms with Crippen molar-refractivity contribution >= 4 is 17.6 Å². The van der Waals surface area contributed by atoms with Gasteiger partial charge < -0.3 is 9.47 Å². The highest BCUT2D eigenvalue weighted by Gasteiger charge is 2.06. The average molecular weight is 306 g/mol. The van der Waals surface area contributed by atoms with E-state index in [1.165, 1.54) is 13.3 Å². The maximum atomic E-state index is 11.3. The molecule has 0 amide bonds. The van der Waals surface area contributed by atoms with Crippen LogP contribution in [0.15, 0.2) is 36.5 Å². The monoisotopic (exact) mass is 305 g/mol. The summed E-state index contributed by atoms with van der Waals surface area (Å²) in [6.45, 7) is 2.37. The lowest BCUT2D eigenvalue weighted by atomic mass is 10.1. The van der Waals surface area contributed by atoms with Crippen LogP contribution in [0.2, 0.25) is 5.02 Å². The molecular weight excluding hydrogens is 290 g/mol. The van der Waals surface area contributed by atoms with E-state index in [4.69, 9.17) is 16.3 Å². The van der Waals surface area contributed by atoms with Crippen LogP contribution in [0.25, 0.3) is 0 Å². The van der Waals surface area contributed by atoms with E-state index < -0.39 is 5.97 Å². The second-order valence-corrected chi connectivity index (χ2v) is 4.83. The summed E-state index contributed by atoms with van der Waals surface area (Å²) in [6, 6.07) is 8.97. The lowest BCUT2D eigenvalue weighted by Crippen LogP contribution is -2.04. The molecule has 4 nitrogen and oxygen atoms in total. The molecule has 0 bridgehead atoms. The van der Waals surface area contributed by atoms with Gasteiger partial charge in [-0.1, -0.05) is 18.5 Å². The number of hydrogen-bond acceptors (Lipinski definition) is 4. The number of methoxy groups -OCH3 is 1. The molecule has 0 atom stereocenters. The zero-order valence-electron chi connectivity index (χ0n) is 11.9. The summed E-state index contributed by atoms with van der Waals surface area (Å²) in [5, 5.41) is 0.741. The molecular formula is C16H16ClNO3. The minimum atomic E-state index is -0.403. The number of ether oxygens (including phenoxy) is 2. The molecule has 0 saturated carbocycles. The molecule has 0 saturated heterocycles. The van der Waals surface area contributed by atoms with Gasteiger partial charge in [0.2, 0.25) is 0 Å². The van der Waals surface area contributed by atoms with Crippen LogP contribution in [0.3, 0.4) is 0 Å². The quantitative estimate of drug-likeness (QED) is 0.791. The van der Waals surface area contributed by atoms with Crippen molar-refractivity contribution in [3.8, 4) is 5.75 Å². The van der Waals surface area contributed by atoms with Crippen LogP contribution in [-0.4, -0.2) is 18.1 Å². The van der Waals surface area contributed by atoms with E-state index in [0.29, 0.717) is 12.2 Å². The Labute approximate surface area is 128 Å². The van der Waals surface area contributed by atoms with Crippen molar-refractivity contribution in [1.82, 2.24) is 4.98 Å². The van der Waals surface area contributed by atoms with Crippen LogP contribution in [0.1, 0.15) is 28.5 Å². The first-order chi connectivity index (χ1) is 10.1. The number of carbonyl (C=O) groups is 1. The summed E-state index contributed by atoms with van der Waals surface area (Å²) < 4.78 is 10.3. The first kappa shape index (κ1) is 15.3. The second kappa shape index (κ2) is 7.09. The van der Waals surface area contributed by atoms with E-state index in [9.17, 15) is 4.79 Å². The zero-order valence-corrected chi connectivity index (χ0v) is 12.7. The maximum Gasteiger partial charge on any atom is 0.339 e. The van der Waals surface area contributed by atoms with E-state index in [0.717, 1.165) is 28.5 Å². The Morgan fingerprint density at radius 3 is 2.71 bits per heavy atom. The number of esters is 1. The first-order valence-corrected chi connectivity index (χ1v) is 6.96. The fraction of sp³-hybridized carbons (Fsp3) is 0.250. The van der Waals surface area contributed by atoms with E-state index in [-0.39, 0.29) is 0 Å². The molecule has 110 valence electrons. The van der Waals surface area contributed by atoms with Crippen LogP contribution >= 0.6 is 11.6 Å². The fourth-order valence-electron chi connectivity index (χ4n) is 1.82. The molecule has 5 heteroatoms. The molecule has 1 aromatic carbocycles. The number of halogens is 1. The maximum absolute atomic E-state index is 11.3. The zero-order chi connectivity index (χ0) is 15.2. The van der Waals surface area contributed by atoms with E-state index in [1.807, 2.05) is 25.1 Å². The van der Waals surface area contributed by atoms with Crippen LogP contribution < -0.4 is 4.74 Å². The Hall–Kier alpha value is -2.07. The lowest BCUT2D eigenvalue weighted by Gasteiger charge is -2.08. The van der Waals surface area contributed by atoms with Crippen molar-refractivity contribution < 1.29 is 14.3 Å². The molecule has 0 spiro atoms. The predicted octanol–water partition coefficient (Wildman–Crippen LogP) is 3.66. The standard InChI is InChI=1S/C16H16ClNO3/c1-3-11-8-14(6-7-15(11)17)21-10-13-5-4-12(9-18-13)16(19)20-2/h4-9H,3,10H2,1-2H3. The number of benzene rings is 1. The van der Waals surface area contributed by atoms with Gasteiger partial charge in [0.1, 0.15) is 12.4 Å². The fourth-order valence-corrected chi connectivity index (χ4v) is 2.07. The highest BCUT2D eigenvalue weighted by atomic mass is 35.5. The Morgan fingerprint density at radius 2 is 2.10 bits per heavy atom. The van der Waals surface area contributed by atoms with Gasteiger partial charge in [-0.05, 0) is 42.3 Å². The molecule has 0 fully saturated rings. The number of carbonyl (C=O) groups excluding carboxylic acids is 1. The Kier molecular flexibility index (Phi) is 5.17. The van der Waals surface area contributed by atoms with Crippen molar-refractivity contribution in [2.75, 3.05) is 7.11 Å². The van der Waals surface area contributed by atoms with Gasteiger partial charge in [0.25, 0.3) is 0 Å². The molecule has 2 rings (SSSR count). The molecule has 0 aliphatic heterocycles. The molecule has 0 aliphatic rings. The first-order valence-electron chi connectivity index (χ1n) is 6.58. The number of aromatic nitrogens is 1. The van der Waals surface area contributed by atoms with Crippen LogP contribution in [0, 0.1) is 0 Å². The largest absolute Gasteiger partial charge is 0.487 e. The molecule has 0 aliphatic carbocycles. The number of pyridine rings is 1. The van der Waals surface area contributed by atoms with Gasteiger partial charge in [-0.15, -0.1) is 0 Å². The van der Waals surface area contributed by atoms with Gasteiger partial charge >= 0.3 is 5.97 Å². The summed E-state index contributed by atoms with van der Waals surface area (Å²) in [4.78, 5) is 15.5. The molecule has 1 aromatic heterocycles. The summed E-state index contributed by atoms with van der Waals surface area (Å²) in [5.74, 6) is 0.343. The third kappa shape index (κ3) is 3.95. The van der Waals surface area contributed by atoms with Crippen molar-refractivity contribution in [3.05, 3.63) is 58.4 Å². The highest BCUT2D eigenvalue weighted by Crippen LogP contribution is 2.23.